The maximum atomic E-state index is 12.3. The van der Waals surface area contributed by atoms with E-state index in [0.29, 0.717) is 5.56 Å². The standard InChI is InChI=1S/C21H25N2O8P/c1-15(23-21(27)30-13-17-10-6-3-7-11-17)19(24)22-14-32(28,29)31-18(20(25)26)12-16-8-4-2-5-9-16/h2-11,15,18H,12-14H2,1H3,(H,22,24)(H,23,27)(H,25,26)(H,28,29)/t15-,18+/m0/s1. The van der Waals surface area contributed by atoms with Crippen LogP contribution in [0.3, 0.4) is 0 Å². The van der Waals surface area contributed by atoms with Gasteiger partial charge in [0.15, 0.2) is 6.10 Å². The van der Waals surface area contributed by atoms with E-state index in [4.69, 9.17) is 9.26 Å². The SMILES string of the molecule is C[C@H](NC(=O)OCc1ccccc1)C(=O)NCP(=O)(O)O[C@H](Cc1ccccc1)C(=O)O. The van der Waals surface area contributed by atoms with E-state index in [2.05, 4.69) is 10.6 Å². The summed E-state index contributed by atoms with van der Waals surface area (Å²) in [5.41, 5.74) is 1.37. The van der Waals surface area contributed by atoms with E-state index in [0.717, 1.165) is 5.56 Å². The fraction of sp³-hybridized carbons (Fsp3) is 0.286. The molecule has 0 spiro atoms. The van der Waals surface area contributed by atoms with Gasteiger partial charge in [-0.1, -0.05) is 60.7 Å². The Labute approximate surface area is 185 Å². The maximum Gasteiger partial charge on any atom is 0.408 e. The van der Waals surface area contributed by atoms with Crippen molar-refractivity contribution < 1.29 is 38.2 Å². The molecule has 2 aromatic carbocycles. The van der Waals surface area contributed by atoms with Crippen LogP contribution in [0.1, 0.15) is 18.1 Å². The molecule has 0 aromatic heterocycles. The zero-order chi connectivity index (χ0) is 23.6. The first-order chi connectivity index (χ1) is 15.2. The third-order valence-corrected chi connectivity index (χ3v) is 5.37. The molecular formula is C21H25N2O8P. The molecule has 2 rings (SSSR count). The van der Waals surface area contributed by atoms with Gasteiger partial charge < -0.3 is 25.4 Å². The summed E-state index contributed by atoms with van der Waals surface area (Å²) < 4.78 is 22.2. The van der Waals surface area contributed by atoms with E-state index in [1.807, 2.05) is 6.07 Å². The number of hydrogen-bond donors (Lipinski definition) is 4. The minimum atomic E-state index is -4.48. The van der Waals surface area contributed by atoms with Crippen LogP contribution in [0.25, 0.3) is 0 Å². The lowest BCUT2D eigenvalue weighted by atomic mass is 10.1. The van der Waals surface area contributed by atoms with E-state index >= 15 is 0 Å². The fourth-order valence-corrected chi connectivity index (χ4v) is 3.56. The van der Waals surface area contributed by atoms with Crippen LogP contribution >= 0.6 is 7.60 Å². The fourth-order valence-electron chi connectivity index (χ4n) is 2.57. The second kappa shape index (κ2) is 12.0. The summed E-state index contributed by atoms with van der Waals surface area (Å²) in [4.78, 5) is 45.3. The molecule has 0 aliphatic carbocycles. The summed E-state index contributed by atoms with van der Waals surface area (Å²) in [5.74, 6) is -2.18. The highest BCUT2D eigenvalue weighted by Crippen LogP contribution is 2.42. The van der Waals surface area contributed by atoms with Crippen molar-refractivity contribution >= 4 is 25.6 Å². The van der Waals surface area contributed by atoms with Gasteiger partial charge in [-0.3, -0.25) is 13.9 Å². The Morgan fingerprint density at radius 2 is 1.56 bits per heavy atom. The molecule has 0 fully saturated rings. The lowest BCUT2D eigenvalue weighted by molar-refractivity contribution is -0.145. The summed E-state index contributed by atoms with van der Waals surface area (Å²) in [6.45, 7) is 1.37. The number of rotatable bonds is 11. The van der Waals surface area contributed by atoms with Crippen molar-refractivity contribution in [3.8, 4) is 0 Å². The van der Waals surface area contributed by atoms with Crippen LogP contribution in [0.15, 0.2) is 60.7 Å². The van der Waals surface area contributed by atoms with Gasteiger partial charge in [-0.15, -0.1) is 0 Å². The van der Waals surface area contributed by atoms with Crippen molar-refractivity contribution in [3.05, 3.63) is 71.8 Å². The van der Waals surface area contributed by atoms with Crippen LogP contribution in [0.4, 0.5) is 4.79 Å². The van der Waals surface area contributed by atoms with Gasteiger partial charge in [0, 0.05) is 6.42 Å². The molecule has 2 aromatic rings. The number of benzene rings is 2. The summed E-state index contributed by atoms with van der Waals surface area (Å²) in [5, 5.41) is 13.8. The van der Waals surface area contributed by atoms with Crippen LogP contribution in [-0.2, 0) is 36.4 Å². The molecule has 2 amide bonds. The lowest BCUT2D eigenvalue weighted by Gasteiger charge is -2.20. The molecule has 0 saturated heterocycles. The van der Waals surface area contributed by atoms with Crippen LogP contribution < -0.4 is 10.6 Å². The number of ether oxygens (including phenoxy) is 1. The van der Waals surface area contributed by atoms with Gasteiger partial charge in [-0.05, 0) is 18.1 Å². The van der Waals surface area contributed by atoms with Crippen molar-refractivity contribution in [2.45, 2.75) is 32.1 Å². The van der Waals surface area contributed by atoms with Crippen LogP contribution in [-0.4, -0.2) is 46.4 Å². The van der Waals surface area contributed by atoms with Gasteiger partial charge >= 0.3 is 19.7 Å². The number of alkyl carbamates (subject to hydrolysis) is 1. The third kappa shape index (κ3) is 8.89. The minimum Gasteiger partial charge on any atom is -0.479 e. The van der Waals surface area contributed by atoms with Crippen molar-refractivity contribution in [2.24, 2.45) is 0 Å². The average Bonchev–Trinajstić information content (AvgIpc) is 2.77. The second-order valence-electron chi connectivity index (χ2n) is 6.89. The van der Waals surface area contributed by atoms with Crippen LogP contribution in [0.2, 0.25) is 0 Å². The molecule has 32 heavy (non-hydrogen) atoms. The molecule has 172 valence electrons. The summed E-state index contributed by atoms with van der Waals surface area (Å²) >= 11 is 0. The second-order valence-corrected chi connectivity index (χ2v) is 8.69. The largest absolute Gasteiger partial charge is 0.479 e. The predicted octanol–water partition coefficient (Wildman–Crippen LogP) is 2.27. The molecular weight excluding hydrogens is 439 g/mol. The van der Waals surface area contributed by atoms with Gasteiger partial charge in [0.05, 0.1) is 0 Å². The number of carboxylic acid groups (broad SMARTS) is 1. The quantitative estimate of drug-likeness (QED) is 0.370. The first-order valence-corrected chi connectivity index (χ1v) is 11.4. The van der Waals surface area contributed by atoms with E-state index in [9.17, 15) is 28.9 Å². The van der Waals surface area contributed by atoms with Gasteiger partial charge in [0.1, 0.15) is 18.9 Å². The molecule has 0 heterocycles. The summed E-state index contributed by atoms with van der Waals surface area (Å²) in [6.07, 6.45) is -3.36. The molecule has 3 atom stereocenters. The zero-order valence-electron chi connectivity index (χ0n) is 17.3. The first kappa shape index (κ1) is 25.1. The highest BCUT2D eigenvalue weighted by atomic mass is 31.2. The van der Waals surface area contributed by atoms with Gasteiger partial charge in [0.2, 0.25) is 5.91 Å². The first-order valence-electron chi connectivity index (χ1n) is 9.68. The number of amides is 2. The van der Waals surface area contributed by atoms with E-state index in [1.165, 1.54) is 6.92 Å². The Balaban J connectivity index is 1.80. The maximum absolute atomic E-state index is 12.3. The number of carbonyl (C=O) groups is 3. The monoisotopic (exact) mass is 464 g/mol. The zero-order valence-corrected chi connectivity index (χ0v) is 18.2. The third-order valence-electron chi connectivity index (χ3n) is 4.22. The number of carboxylic acids is 1. The number of carbonyl (C=O) groups excluding carboxylic acids is 2. The van der Waals surface area contributed by atoms with Gasteiger partial charge in [-0.25, -0.2) is 9.59 Å². The molecule has 0 aliphatic rings. The minimum absolute atomic E-state index is 0.0126. The summed E-state index contributed by atoms with van der Waals surface area (Å²) in [6, 6.07) is 16.3. The molecule has 0 aliphatic heterocycles. The molecule has 11 heteroatoms. The topological polar surface area (TPSA) is 151 Å². The number of aliphatic carboxylic acids is 1. The highest BCUT2D eigenvalue weighted by molar-refractivity contribution is 7.52. The van der Waals surface area contributed by atoms with Crippen molar-refractivity contribution in [1.29, 1.82) is 0 Å². The van der Waals surface area contributed by atoms with E-state index in [-0.39, 0.29) is 13.0 Å². The van der Waals surface area contributed by atoms with E-state index < -0.39 is 44.0 Å². The van der Waals surface area contributed by atoms with Crippen LogP contribution in [0, 0.1) is 0 Å². The molecule has 4 N–H and O–H groups in total. The van der Waals surface area contributed by atoms with Crippen molar-refractivity contribution in [3.63, 3.8) is 0 Å². The number of hydrogen-bond acceptors (Lipinski definition) is 6. The van der Waals surface area contributed by atoms with Gasteiger partial charge in [-0.2, -0.15) is 0 Å². The Morgan fingerprint density at radius 3 is 2.12 bits per heavy atom. The normalized spacial score (nSPS) is 14.4. The van der Waals surface area contributed by atoms with Crippen molar-refractivity contribution in [2.75, 3.05) is 6.29 Å². The van der Waals surface area contributed by atoms with Gasteiger partial charge in [0.25, 0.3) is 0 Å². The van der Waals surface area contributed by atoms with Crippen LogP contribution in [0.5, 0.6) is 0 Å². The predicted molar refractivity (Wildman–Crippen MR) is 115 cm³/mol. The number of nitrogens with one attached hydrogen (secondary N) is 2. The summed E-state index contributed by atoms with van der Waals surface area (Å²) in [7, 11) is -4.48. The Hall–Kier alpha value is -3.20. The Morgan fingerprint density at radius 1 is 1.00 bits per heavy atom. The molecule has 0 saturated carbocycles. The molecule has 1 unspecified atom stereocenters. The molecule has 0 bridgehead atoms. The highest BCUT2D eigenvalue weighted by Gasteiger charge is 2.31. The Bertz CT molecular complexity index is 955. The molecule has 0 radical (unpaired) electrons. The van der Waals surface area contributed by atoms with E-state index in [1.54, 1.807) is 54.6 Å². The van der Waals surface area contributed by atoms with Crippen molar-refractivity contribution in [1.82, 2.24) is 10.6 Å². The Kier molecular flexibility index (Phi) is 9.39. The lowest BCUT2D eigenvalue weighted by Crippen LogP contribution is -2.45. The average molecular weight is 464 g/mol. The smallest absolute Gasteiger partial charge is 0.408 e. The molecule has 10 nitrogen and oxygen atoms in total.